The Labute approximate surface area is 116 Å². The van der Waals surface area contributed by atoms with E-state index in [1.54, 1.807) is 18.2 Å². The molecule has 3 rings (SSSR count). The van der Waals surface area contributed by atoms with Crippen molar-refractivity contribution in [2.75, 3.05) is 6.54 Å². The highest BCUT2D eigenvalue weighted by Gasteiger charge is 2.14. The molecule has 0 spiro atoms. The van der Waals surface area contributed by atoms with E-state index in [-0.39, 0.29) is 0 Å². The van der Waals surface area contributed by atoms with Crippen molar-refractivity contribution in [3.63, 3.8) is 0 Å². The monoisotopic (exact) mass is 267 g/mol. The summed E-state index contributed by atoms with van der Waals surface area (Å²) in [6.45, 7) is 0.499. The molecule has 0 bridgehead atoms. The molecule has 0 unspecified atom stereocenters. The molecular formula is C16H13NO3. The van der Waals surface area contributed by atoms with E-state index in [2.05, 4.69) is 4.99 Å². The molecule has 2 heterocycles. The molecule has 0 N–H and O–H groups in total. The van der Waals surface area contributed by atoms with Gasteiger partial charge >= 0.3 is 0 Å². The number of aldehydes is 1. The van der Waals surface area contributed by atoms with Gasteiger partial charge in [0.2, 0.25) is 0 Å². The Kier molecular flexibility index (Phi) is 3.46. The highest BCUT2D eigenvalue weighted by molar-refractivity contribution is 5.82. The number of benzene rings is 1. The van der Waals surface area contributed by atoms with Crippen molar-refractivity contribution in [1.29, 1.82) is 0 Å². The Hall–Kier alpha value is -2.62. The lowest BCUT2D eigenvalue weighted by molar-refractivity contribution is 0.110. The van der Waals surface area contributed by atoms with Gasteiger partial charge in [0.1, 0.15) is 18.1 Å². The third-order valence-electron chi connectivity index (χ3n) is 2.93. The molecule has 1 aromatic heterocycles. The van der Waals surface area contributed by atoms with Crippen LogP contribution >= 0.6 is 0 Å². The fraction of sp³-hybridized carbons (Fsp3) is 0.125. The van der Waals surface area contributed by atoms with Gasteiger partial charge in [-0.15, -0.1) is 0 Å². The highest BCUT2D eigenvalue weighted by atomic mass is 16.5. The van der Waals surface area contributed by atoms with Crippen LogP contribution in [0.5, 0.6) is 0 Å². The van der Waals surface area contributed by atoms with E-state index in [4.69, 9.17) is 9.15 Å². The second-order valence-corrected chi connectivity index (χ2v) is 4.44. The van der Waals surface area contributed by atoms with Gasteiger partial charge in [-0.05, 0) is 17.7 Å². The number of rotatable bonds is 4. The molecule has 1 aromatic carbocycles. The van der Waals surface area contributed by atoms with Crippen LogP contribution in [0.25, 0.3) is 6.08 Å². The van der Waals surface area contributed by atoms with Gasteiger partial charge in [-0.2, -0.15) is 0 Å². The summed E-state index contributed by atoms with van der Waals surface area (Å²) in [7, 11) is 0. The molecule has 0 aliphatic carbocycles. The lowest BCUT2D eigenvalue weighted by Gasteiger charge is -2.02. The number of furan rings is 1. The molecule has 4 nitrogen and oxygen atoms in total. The number of ether oxygens (including phenoxy) is 1. The van der Waals surface area contributed by atoms with Crippen LogP contribution in [-0.2, 0) is 11.2 Å². The predicted octanol–water partition coefficient (Wildman–Crippen LogP) is 3.10. The molecule has 0 atom stereocenters. The molecular weight excluding hydrogens is 254 g/mol. The van der Waals surface area contributed by atoms with E-state index >= 15 is 0 Å². The van der Waals surface area contributed by atoms with Crippen molar-refractivity contribution in [2.45, 2.75) is 6.42 Å². The van der Waals surface area contributed by atoms with Crippen molar-refractivity contribution in [3.05, 3.63) is 65.3 Å². The molecule has 100 valence electrons. The van der Waals surface area contributed by atoms with Crippen molar-refractivity contribution >= 4 is 18.3 Å². The van der Waals surface area contributed by atoms with Crippen molar-refractivity contribution in [2.24, 2.45) is 4.99 Å². The van der Waals surface area contributed by atoms with E-state index in [1.807, 2.05) is 30.3 Å². The van der Waals surface area contributed by atoms with Gasteiger partial charge in [-0.1, -0.05) is 30.3 Å². The zero-order chi connectivity index (χ0) is 13.8. The fourth-order valence-corrected chi connectivity index (χ4v) is 1.99. The summed E-state index contributed by atoms with van der Waals surface area (Å²) >= 11 is 0. The smallest absolute Gasteiger partial charge is 0.194 e. The molecule has 1 aliphatic rings. The van der Waals surface area contributed by atoms with Crippen molar-refractivity contribution in [3.8, 4) is 0 Å². The molecule has 0 fully saturated rings. The minimum Gasteiger partial charge on any atom is -0.454 e. The first kappa shape index (κ1) is 12.4. The molecule has 2 aromatic rings. The predicted molar refractivity (Wildman–Crippen MR) is 75.6 cm³/mol. The largest absolute Gasteiger partial charge is 0.454 e. The third kappa shape index (κ3) is 2.85. The van der Waals surface area contributed by atoms with Gasteiger partial charge in [0.25, 0.3) is 0 Å². The molecule has 20 heavy (non-hydrogen) atoms. The molecule has 0 saturated heterocycles. The average molecular weight is 267 g/mol. The fourth-order valence-electron chi connectivity index (χ4n) is 1.99. The first-order valence-corrected chi connectivity index (χ1v) is 6.34. The van der Waals surface area contributed by atoms with Gasteiger partial charge in [0.05, 0.1) is 0 Å². The highest BCUT2D eigenvalue weighted by Crippen LogP contribution is 2.17. The van der Waals surface area contributed by atoms with Crippen molar-refractivity contribution in [1.82, 2.24) is 0 Å². The van der Waals surface area contributed by atoms with Crippen LogP contribution in [0, 0.1) is 0 Å². The number of aliphatic imine (C=N–C) groups is 1. The first-order chi connectivity index (χ1) is 9.83. The molecule has 1 aliphatic heterocycles. The Balaban J connectivity index is 1.65. The van der Waals surface area contributed by atoms with Crippen LogP contribution in [-0.4, -0.2) is 18.7 Å². The van der Waals surface area contributed by atoms with Crippen LogP contribution < -0.4 is 0 Å². The van der Waals surface area contributed by atoms with Gasteiger partial charge in [-0.3, -0.25) is 4.79 Å². The summed E-state index contributed by atoms with van der Waals surface area (Å²) in [5, 5.41) is 0. The van der Waals surface area contributed by atoms with E-state index in [0.717, 1.165) is 11.3 Å². The molecule has 4 heteroatoms. The number of carbonyl (C=O) groups excluding carboxylic acids is 1. The minimum atomic E-state index is 0.306. The lowest BCUT2D eigenvalue weighted by Crippen LogP contribution is -2.02. The second-order valence-electron chi connectivity index (χ2n) is 4.44. The lowest BCUT2D eigenvalue weighted by atomic mass is 10.1. The number of nitrogens with zero attached hydrogens (tertiary/aromatic N) is 1. The topological polar surface area (TPSA) is 51.8 Å². The van der Waals surface area contributed by atoms with Gasteiger partial charge < -0.3 is 9.15 Å². The average Bonchev–Trinajstić information content (AvgIpc) is 3.10. The van der Waals surface area contributed by atoms with Crippen LogP contribution in [0.2, 0.25) is 0 Å². The Morgan fingerprint density at radius 3 is 2.65 bits per heavy atom. The Bertz CT molecular complexity index is 668. The quantitative estimate of drug-likeness (QED) is 0.800. The van der Waals surface area contributed by atoms with Crippen LogP contribution in [0.3, 0.4) is 0 Å². The Morgan fingerprint density at radius 2 is 1.90 bits per heavy atom. The van der Waals surface area contributed by atoms with Crippen LogP contribution in [0.4, 0.5) is 0 Å². The maximum Gasteiger partial charge on any atom is 0.194 e. The van der Waals surface area contributed by atoms with Gasteiger partial charge in [0.15, 0.2) is 17.9 Å². The third-order valence-corrected chi connectivity index (χ3v) is 2.93. The summed E-state index contributed by atoms with van der Waals surface area (Å²) in [6.07, 6.45) is 3.11. The van der Waals surface area contributed by atoms with Gasteiger partial charge in [-0.25, -0.2) is 4.99 Å². The van der Waals surface area contributed by atoms with Crippen LogP contribution in [0.15, 0.2) is 57.6 Å². The van der Waals surface area contributed by atoms with E-state index in [9.17, 15) is 4.79 Å². The number of carbonyl (C=O) groups is 1. The zero-order valence-electron chi connectivity index (χ0n) is 10.8. The summed E-state index contributed by atoms with van der Waals surface area (Å²) < 4.78 is 10.9. The molecule has 0 saturated carbocycles. The zero-order valence-corrected chi connectivity index (χ0v) is 10.8. The summed E-state index contributed by atoms with van der Waals surface area (Å²) in [4.78, 5) is 14.9. The Morgan fingerprint density at radius 1 is 1.10 bits per heavy atom. The molecule has 0 radical (unpaired) electrons. The van der Waals surface area contributed by atoms with E-state index in [0.29, 0.717) is 36.7 Å². The summed E-state index contributed by atoms with van der Waals surface area (Å²) in [5.41, 5.74) is 1.16. The number of hydrogen-bond donors (Lipinski definition) is 0. The normalized spacial score (nSPS) is 16.0. The summed E-state index contributed by atoms with van der Waals surface area (Å²) in [6, 6.07) is 13.4. The van der Waals surface area contributed by atoms with E-state index in [1.165, 1.54) is 0 Å². The van der Waals surface area contributed by atoms with Gasteiger partial charge in [0, 0.05) is 12.5 Å². The first-order valence-electron chi connectivity index (χ1n) is 6.34. The minimum absolute atomic E-state index is 0.306. The molecule has 0 amide bonds. The summed E-state index contributed by atoms with van der Waals surface area (Å²) in [5.74, 6) is 2.32. The number of hydrogen-bond acceptors (Lipinski definition) is 4. The standard InChI is InChI=1S/C16H13NO3/c18-11-14-7-6-13(19-14)9-15-10-17-16(20-15)8-12-4-2-1-3-5-12/h1-7,9,11H,8,10H2/b15-9-. The van der Waals surface area contributed by atoms with E-state index < -0.39 is 0 Å². The van der Waals surface area contributed by atoms with Crippen molar-refractivity contribution < 1.29 is 13.9 Å². The second kappa shape index (κ2) is 5.57. The van der Waals surface area contributed by atoms with Crippen LogP contribution in [0.1, 0.15) is 21.9 Å². The SMILES string of the molecule is O=Cc1ccc(/C=C2/CN=C(Cc3ccccc3)O2)o1. The maximum atomic E-state index is 10.5. The maximum absolute atomic E-state index is 10.5.